The van der Waals surface area contributed by atoms with Gasteiger partial charge < -0.3 is 14.9 Å². The van der Waals surface area contributed by atoms with Gasteiger partial charge in [-0.1, -0.05) is 26.0 Å². The highest BCUT2D eigenvalue weighted by atomic mass is 16.5. The van der Waals surface area contributed by atoms with Crippen LogP contribution in [0.5, 0.6) is 17.2 Å². The molecule has 130 valence electrons. The molecule has 3 rings (SSSR count). The minimum atomic E-state index is -0.412. The Balaban J connectivity index is 1.96. The summed E-state index contributed by atoms with van der Waals surface area (Å²) in [5.74, 6) is 1.35. The average molecular weight is 338 g/mol. The third-order valence-corrected chi connectivity index (χ3v) is 4.17. The summed E-state index contributed by atoms with van der Waals surface area (Å²) in [7, 11) is 0. The fraction of sp³-hybridized carbons (Fsp3) is 0.286. The minimum absolute atomic E-state index is 0.132. The lowest BCUT2D eigenvalue weighted by atomic mass is 9.91. The summed E-state index contributed by atoms with van der Waals surface area (Å²) < 4.78 is 6.05. The molecule has 1 aliphatic rings. The van der Waals surface area contributed by atoms with Crippen LogP contribution in [0.1, 0.15) is 37.8 Å². The lowest BCUT2D eigenvalue weighted by molar-refractivity contribution is -0.120. The van der Waals surface area contributed by atoms with Crippen molar-refractivity contribution in [1.82, 2.24) is 0 Å². The van der Waals surface area contributed by atoms with Crippen molar-refractivity contribution < 1.29 is 19.7 Å². The normalized spacial score (nSPS) is 16.1. The van der Waals surface area contributed by atoms with Gasteiger partial charge in [0.15, 0.2) is 0 Å². The van der Waals surface area contributed by atoms with Crippen molar-refractivity contribution in [2.75, 3.05) is 0 Å². The zero-order valence-corrected chi connectivity index (χ0v) is 14.4. The summed E-state index contributed by atoms with van der Waals surface area (Å²) in [5, 5.41) is 19.2. The number of phenols is 2. The smallest absolute Gasteiger partial charge is 0.137 e. The summed E-state index contributed by atoms with van der Waals surface area (Å²) in [4.78, 5) is 12.3. The Hall–Kier alpha value is -2.75. The Morgan fingerprint density at radius 1 is 1.08 bits per heavy atom. The predicted octanol–water partition coefficient (Wildman–Crippen LogP) is 4.40. The van der Waals surface area contributed by atoms with Crippen LogP contribution in [0.25, 0.3) is 11.6 Å². The number of phenolic OH excluding ortho intramolecular Hbond substituents is 2. The monoisotopic (exact) mass is 338 g/mol. The Morgan fingerprint density at radius 2 is 1.76 bits per heavy atom. The third kappa shape index (κ3) is 4.02. The number of ether oxygens (including phenoxy) is 1. The zero-order chi connectivity index (χ0) is 18.0. The molecule has 4 heteroatoms. The average Bonchev–Trinajstić information content (AvgIpc) is 2.54. The summed E-state index contributed by atoms with van der Waals surface area (Å²) in [6.07, 6.45) is 2.36. The van der Waals surface area contributed by atoms with Gasteiger partial charge in [-0.2, -0.15) is 0 Å². The molecule has 0 bridgehead atoms. The number of carbonyl (C=O) groups excluding carboxylic acids is 1. The van der Waals surface area contributed by atoms with E-state index in [4.69, 9.17) is 4.74 Å². The SMILES string of the molecule is CC(C)CC(=O)CC1Oc2cc(O)ccc2C=C1c1ccc(O)cc1. The summed E-state index contributed by atoms with van der Waals surface area (Å²) in [6, 6.07) is 11.8. The molecule has 1 aliphatic heterocycles. The Bertz CT molecular complexity index is 803. The molecule has 1 heterocycles. The van der Waals surface area contributed by atoms with Crippen molar-refractivity contribution >= 4 is 17.4 Å². The van der Waals surface area contributed by atoms with Crippen LogP contribution >= 0.6 is 0 Å². The minimum Gasteiger partial charge on any atom is -0.508 e. The predicted molar refractivity (Wildman–Crippen MR) is 97.6 cm³/mol. The number of hydrogen-bond acceptors (Lipinski definition) is 4. The molecular formula is C21H22O4. The highest BCUT2D eigenvalue weighted by Gasteiger charge is 2.26. The molecule has 1 unspecified atom stereocenters. The Kier molecular flexibility index (Phi) is 4.79. The standard InChI is InChI=1S/C21H22O4/c1-13(2)9-18(24)12-21-19(14-3-6-16(22)7-4-14)10-15-5-8-17(23)11-20(15)25-21/h3-8,10-11,13,21-23H,9,12H2,1-2H3. The topological polar surface area (TPSA) is 66.8 Å². The fourth-order valence-electron chi connectivity index (χ4n) is 3.04. The van der Waals surface area contributed by atoms with Crippen LogP contribution in [0.2, 0.25) is 0 Å². The van der Waals surface area contributed by atoms with Crippen molar-refractivity contribution in [3.8, 4) is 17.2 Å². The summed E-state index contributed by atoms with van der Waals surface area (Å²) in [6.45, 7) is 4.04. The van der Waals surface area contributed by atoms with Gasteiger partial charge in [-0.05, 0) is 41.8 Å². The first-order valence-corrected chi connectivity index (χ1v) is 8.44. The van der Waals surface area contributed by atoms with E-state index in [2.05, 4.69) is 0 Å². The molecule has 0 spiro atoms. The van der Waals surface area contributed by atoms with Crippen molar-refractivity contribution in [3.63, 3.8) is 0 Å². The van der Waals surface area contributed by atoms with Gasteiger partial charge in [0, 0.05) is 30.0 Å². The maximum atomic E-state index is 12.3. The van der Waals surface area contributed by atoms with E-state index in [9.17, 15) is 15.0 Å². The van der Waals surface area contributed by atoms with Gasteiger partial charge in [0.2, 0.25) is 0 Å². The van der Waals surface area contributed by atoms with Crippen LogP contribution in [0.15, 0.2) is 42.5 Å². The van der Waals surface area contributed by atoms with Crippen molar-refractivity contribution in [2.45, 2.75) is 32.8 Å². The van der Waals surface area contributed by atoms with Gasteiger partial charge in [0.05, 0.1) is 0 Å². The molecule has 2 aromatic rings. The van der Waals surface area contributed by atoms with Gasteiger partial charge in [-0.3, -0.25) is 4.79 Å². The van der Waals surface area contributed by atoms with Gasteiger partial charge >= 0.3 is 0 Å². The molecule has 0 saturated heterocycles. The van der Waals surface area contributed by atoms with Crippen LogP contribution in [0.4, 0.5) is 0 Å². The molecule has 2 aromatic carbocycles. The third-order valence-electron chi connectivity index (χ3n) is 4.17. The van der Waals surface area contributed by atoms with Crippen LogP contribution in [0.3, 0.4) is 0 Å². The van der Waals surface area contributed by atoms with E-state index in [1.165, 1.54) is 0 Å². The van der Waals surface area contributed by atoms with E-state index in [1.807, 2.05) is 32.1 Å². The molecule has 4 nitrogen and oxygen atoms in total. The second-order valence-electron chi connectivity index (χ2n) is 6.82. The molecular weight excluding hydrogens is 316 g/mol. The second-order valence-corrected chi connectivity index (χ2v) is 6.82. The van der Waals surface area contributed by atoms with E-state index in [1.54, 1.807) is 30.3 Å². The largest absolute Gasteiger partial charge is 0.508 e. The van der Waals surface area contributed by atoms with Crippen LogP contribution in [-0.4, -0.2) is 22.1 Å². The summed E-state index contributed by atoms with van der Waals surface area (Å²) in [5.41, 5.74) is 2.66. The van der Waals surface area contributed by atoms with Gasteiger partial charge in [0.1, 0.15) is 29.1 Å². The molecule has 0 radical (unpaired) electrons. The van der Waals surface area contributed by atoms with Crippen LogP contribution in [0, 0.1) is 5.92 Å². The summed E-state index contributed by atoms with van der Waals surface area (Å²) >= 11 is 0. The highest BCUT2D eigenvalue weighted by Crippen LogP contribution is 2.38. The number of hydrogen-bond donors (Lipinski definition) is 2. The van der Waals surface area contributed by atoms with Crippen molar-refractivity contribution in [3.05, 3.63) is 53.6 Å². The lowest BCUT2D eigenvalue weighted by Gasteiger charge is -2.27. The van der Waals surface area contributed by atoms with Crippen LogP contribution in [-0.2, 0) is 4.79 Å². The molecule has 25 heavy (non-hydrogen) atoms. The van der Waals surface area contributed by atoms with Crippen molar-refractivity contribution in [1.29, 1.82) is 0 Å². The van der Waals surface area contributed by atoms with E-state index in [-0.39, 0.29) is 23.7 Å². The molecule has 2 N–H and O–H groups in total. The Morgan fingerprint density at radius 3 is 2.44 bits per heavy atom. The maximum absolute atomic E-state index is 12.3. The quantitative estimate of drug-likeness (QED) is 0.848. The molecule has 0 saturated carbocycles. The fourth-order valence-corrected chi connectivity index (χ4v) is 3.04. The first kappa shape index (κ1) is 17.1. The van der Waals surface area contributed by atoms with E-state index >= 15 is 0 Å². The van der Waals surface area contributed by atoms with Gasteiger partial charge in [0.25, 0.3) is 0 Å². The van der Waals surface area contributed by atoms with E-state index in [0.29, 0.717) is 18.1 Å². The first-order chi connectivity index (χ1) is 11.9. The number of ketones is 1. The number of benzene rings is 2. The van der Waals surface area contributed by atoms with E-state index < -0.39 is 6.10 Å². The lowest BCUT2D eigenvalue weighted by Crippen LogP contribution is -2.25. The molecule has 0 aliphatic carbocycles. The number of rotatable bonds is 5. The first-order valence-electron chi connectivity index (χ1n) is 8.44. The number of fused-ring (bicyclic) bond motifs is 1. The van der Waals surface area contributed by atoms with Gasteiger partial charge in [-0.25, -0.2) is 0 Å². The number of carbonyl (C=O) groups is 1. The molecule has 0 fully saturated rings. The van der Waals surface area contributed by atoms with Crippen molar-refractivity contribution in [2.24, 2.45) is 5.92 Å². The van der Waals surface area contributed by atoms with Crippen LogP contribution < -0.4 is 4.74 Å². The number of Topliss-reactive ketones (excluding diaryl/α,β-unsaturated/α-hetero) is 1. The van der Waals surface area contributed by atoms with E-state index in [0.717, 1.165) is 16.7 Å². The Labute approximate surface area is 147 Å². The molecule has 0 aromatic heterocycles. The zero-order valence-electron chi connectivity index (χ0n) is 14.4. The highest BCUT2D eigenvalue weighted by molar-refractivity contribution is 5.91. The number of aromatic hydroxyl groups is 2. The molecule has 1 atom stereocenters. The van der Waals surface area contributed by atoms with Gasteiger partial charge in [-0.15, -0.1) is 0 Å². The maximum Gasteiger partial charge on any atom is 0.137 e. The second kappa shape index (κ2) is 7.01. The molecule has 0 amide bonds.